The van der Waals surface area contributed by atoms with Crippen LogP contribution in [-0.4, -0.2) is 15.9 Å². The van der Waals surface area contributed by atoms with Crippen molar-refractivity contribution in [2.45, 2.75) is 13.1 Å². The molecule has 3 rings (SSSR count). The Kier molecular flexibility index (Phi) is 3.95. The Morgan fingerprint density at radius 2 is 2.08 bits per heavy atom. The third-order valence-electron chi connectivity index (χ3n) is 3.41. The van der Waals surface area contributed by atoms with Crippen molar-refractivity contribution in [3.8, 4) is 0 Å². The molecule has 2 aromatic heterocycles. The average molecular weight is 352 g/mol. The number of anilines is 1. The van der Waals surface area contributed by atoms with Gasteiger partial charge in [-0.3, -0.25) is 20.4 Å². The molecular weight excluding hydrogens is 341 g/mol. The summed E-state index contributed by atoms with van der Waals surface area (Å²) in [5.41, 5.74) is 3.17. The summed E-state index contributed by atoms with van der Waals surface area (Å²) in [6, 6.07) is 4.30. The van der Waals surface area contributed by atoms with Crippen LogP contribution in [0.5, 0.6) is 0 Å². The van der Waals surface area contributed by atoms with E-state index in [2.05, 4.69) is 20.8 Å². The number of aromatic nitrogens is 2. The maximum Gasteiger partial charge on any atom is 0.416 e. The van der Waals surface area contributed by atoms with Gasteiger partial charge < -0.3 is 9.40 Å². The average Bonchev–Trinajstić information content (AvgIpc) is 2.89. The summed E-state index contributed by atoms with van der Waals surface area (Å²) in [7, 11) is 0. The van der Waals surface area contributed by atoms with Crippen LogP contribution in [0.1, 0.15) is 21.7 Å². The van der Waals surface area contributed by atoms with Crippen molar-refractivity contribution in [2.75, 3.05) is 5.43 Å². The number of amides is 1. The van der Waals surface area contributed by atoms with E-state index in [4.69, 9.17) is 4.42 Å². The number of H-pyrrole nitrogens is 1. The van der Waals surface area contributed by atoms with Crippen molar-refractivity contribution in [2.24, 2.45) is 0 Å². The van der Waals surface area contributed by atoms with Gasteiger partial charge in [-0.15, -0.1) is 0 Å². The first kappa shape index (κ1) is 16.6. The van der Waals surface area contributed by atoms with E-state index in [1.54, 1.807) is 0 Å². The summed E-state index contributed by atoms with van der Waals surface area (Å²) in [5, 5.41) is -0.0386. The summed E-state index contributed by atoms with van der Waals surface area (Å²) in [6.45, 7) is 1.47. The largest absolute Gasteiger partial charge is 0.442 e. The summed E-state index contributed by atoms with van der Waals surface area (Å²) in [5.74, 6) is -0.588. The van der Waals surface area contributed by atoms with E-state index in [0.29, 0.717) is 0 Å². The van der Waals surface area contributed by atoms with Crippen LogP contribution in [0.25, 0.3) is 11.1 Å². The molecule has 3 aromatic rings. The topological polar surface area (TPSA) is 100 Å². The zero-order valence-corrected chi connectivity index (χ0v) is 12.7. The van der Waals surface area contributed by atoms with E-state index in [1.165, 1.54) is 19.1 Å². The minimum Gasteiger partial charge on any atom is -0.442 e. The molecule has 25 heavy (non-hydrogen) atoms. The fourth-order valence-electron chi connectivity index (χ4n) is 2.29. The minimum atomic E-state index is -4.50. The number of hydrogen-bond acceptors (Lipinski definition) is 5. The van der Waals surface area contributed by atoms with E-state index < -0.39 is 23.2 Å². The van der Waals surface area contributed by atoms with Crippen molar-refractivity contribution < 1.29 is 22.4 Å². The van der Waals surface area contributed by atoms with Gasteiger partial charge >= 0.3 is 6.18 Å². The molecule has 3 N–H and O–H groups in total. The molecule has 0 saturated heterocycles. The normalized spacial score (nSPS) is 11.5. The molecule has 1 amide bonds. The quantitative estimate of drug-likeness (QED) is 0.629. The molecule has 0 aliphatic rings. The molecule has 7 nitrogen and oxygen atoms in total. The highest BCUT2D eigenvalue weighted by Crippen LogP contribution is 2.30. The predicted molar refractivity (Wildman–Crippen MR) is 81.9 cm³/mol. The van der Waals surface area contributed by atoms with E-state index in [9.17, 15) is 22.8 Å². The van der Waals surface area contributed by atoms with Crippen molar-refractivity contribution >= 4 is 22.7 Å². The molecule has 0 atom stereocenters. The molecule has 0 bridgehead atoms. The first-order valence-electron chi connectivity index (χ1n) is 6.98. The second-order valence-corrected chi connectivity index (χ2v) is 5.10. The third-order valence-corrected chi connectivity index (χ3v) is 3.41. The number of aromatic amines is 1. The van der Waals surface area contributed by atoms with Gasteiger partial charge in [0.15, 0.2) is 0 Å². The minimum absolute atomic E-state index is 0.00883. The van der Waals surface area contributed by atoms with Gasteiger partial charge in [0.1, 0.15) is 11.1 Å². The summed E-state index contributed by atoms with van der Waals surface area (Å²) < 4.78 is 43.3. The van der Waals surface area contributed by atoms with Gasteiger partial charge in [0.25, 0.3) is 11.5 Å². The van der Waals surface area contributed by atoms with Gasteiger partial charge in [-0.25, -0.2) is 4.98 Å². The van der Waals surface area contributed by atoms with E-state index >= 15 is 0 Å². The number of halogens is 3. The van der Waals surface area contributed by atoms with Crippen molar-refractivity contribution in [3.63, 3.8) is 0 Å². The number of furan rings is 1. The summed E-state index contributed by atoms with van der Waals surface area (Å²) in [4.78, 5) is 30.3. The van der Waals surface area contributed by atoms with E-state index in [-0.39, 0.29) is 28.1 Å². The van der Waals surface area contributed by atoms with Crippen LogP contribution < -0.4 is 16.4 Å². The monoisotopic (exact) mass is 352 g/mol. The number of hydrogen-bond donors (Lipinski definition) is 3. The van der Waals surface area contributed by atoms with Crippen LogP contribution in [0, 0.1) is 6.92 Å². The Hall–Kier alpha value is -3.30. The highest BCUT2D eigenvalue weighted by Gasteiger charge is 2.30. The van der Waals surface area contributed by atoms with Crippen molar-refractivity contribution in [1.29, 1.82) is 0 Å². The van der Waals surface area contributed by atoms with Crippen LogP contribution in [0.3, 0.4) is 0 Å². The van der Waals surface area contributed by atoms with Gasteiger partial charge in [0, 0.05) is 0 Å². The molecule has 2 heterocycles. The number of aryl methyl sites for hydroxylation is 1. The Morgan fingerprint density at radius 1 is 1.32 bits per heavy atom. The summed E-state index contributed by atoms with van der Waals surface area (Å²) >= 11 is 0. The molecule has 0 radical (unpaired) electrons. The number of benzene rings is 1. The molecule has 1 aromatic carbocycles. The maximum atomic E-state index is 12.7. The van der Waals surface area contributed by atoms with Gasteiger partial charge in [0.2, 0.25) is 5.71 Å². The number of fused-ring (bicyclic) bond motifs is 1. The Morgan fingerprint density at radius 3 is 2.80 bits per heavy atom. The lowest BCUT2D eigenvalue weighted by Crippen LogP contribution is -2.30. The highest BCUT2D eigenvalue weighted by atomic mass is 19.4. The number of hydrazine groups is 1. The van der Waals surface area contributed by atoms with Crippen LogP contribution in [-0.2, 0) is 6.18 Å². The molecule has 0 unspecified atom stereocenters. The maximum absolute atomic E-state index is 12.7. The second-order valence-electron chi connectivity index (χ2n) is 5.10. The second kappa shape index (κ2) is 5.96. The fourth-order valence-corrected chi connectivity index (χ4v) is 2.29. The molecule has 0 aliphatic carbocycles. The zero-order valence-electron chi connectivity index (χ0n) is 12.7. The van der Waals surface area contributed by atoms with Gasteiger partial charge in [0.05, 0.1) is 23.1 Å². The molecule has 0 fully saturated rings. The number of alkyl halides is 3. The Balaban J connectivity index is 1.85. The van der Waals surface area contributed by atoms with Crippen LogP contribution in [0.4, 0.5) is 18.9 Å². The van der Waals surface area contributed by atoms with E-state index in [1.807, 2.05) is 0 Å². The number of nitrogens with zero attached hydrogens (tertiary/aromatic N) is 1. The molecular formula is C15H11F3N4O3. The molecule has 0 saturated carbocycles. The zero-order chi connectivity index (χ0) is 18.2. The third kappa shape index (κ3) is 3.18. The van der Waals surface area contributed by atoms with Crippen molar-refractivity contribution in [3.05, 3.63) is 57.8 Å². The van der Waals surface area contributed by atoms with Gasteiger partial charge in [-0.1, -0.05) is 6.07 Å². The first-order chi connectivity index (χ1) is 11.8. The van der Waals surface area contributed by atoms with Crippen LogP contribution in [0.2, 0.25) is 0 Å². The lowest BCUT2D eigenvalue weighted by atomic mass is 10.2. The van der Waals surface area contributed by atoms with Crippen molar-refractivity contribution in [1.82, 2.24) is 15.4 Å². The van der Waals surface area contributed by atoms with Gasteiger partial charge in [-0.2, -0.15) is 13.2 Å². The lowest BCUT2D eigenvalue weighted by Gasteiger charge is -2.11. The Bertz CT molecular complexity index is 1010. The van der Waals surface area contributed by atoms with Gasteiger partial charge in [-0.05, 0) is 25.1 Å². The van der Waals surface area contributed by atoms with Crippen LogP contribution >= 0.6 is 0 Å². The lowest BCUT2D eigenvalue weighted by molar-refractivity contribution is -0.137. The predicted octanol–water partition coefficient (Wildman–Crippen LogP) is 2.60. The van der Waals surface area contributed by atoms with E-state index in [0.717, 1.165) is 18.5 Å². The number of nitrogens with one attached hydrogen (secondary N) is 3. The molecule has 0 spiro atoms. The first-order valence-corrected chi connectivity index (χ1v) is 6.98. The highest BCUT2D eigenvalue weighted by molar-refractivity contribution is 6.06. The molecule has 130 valence electrons. The number of carbonyl (C=O) groups is 1. The number of carbonyl (C=O) groups excluding carboxylic acids is 1. The molecule has 0 aliphatic heterocycles. The summed E-state index contributed by atoms with van der Waals surface area (Å²) in [6.07, 6.45) is -3.37. The smallest absolute Gasteiger partial charge is 0.416 e. The van der Waals surface area contributed by atoms with Crippen LogP contribution in [0.15, 0.2) is 39.8 Å². The Labute approximate surface area is 137 Å². The fraction of sp³-hybridized carbons (Fsp3) is 0.133. The standard InChI is InChI=1S/C15H11F3N4O3/c1-7-10(11-12(23)19-6-20-14(11)25-7)13(24)22-21-9-4-2-3-8(5-9)15(16,17)18/h2-6,21H,1H3,(H,22,24)(H,19,20,23). The number of rotatable bonds is 3. The SMILES string of the molecule is Cc1oc2nc[nH]c(=O)c2c1C(=O)NNc1cccc(C(F)(F)F)c1. The molecule has 10 heteroatoms.